The molecule has 1 unspecified atom stereocenters. The van der Waals surface area contributed by atoms with E-state index in [1.54, 1.807) is 0 Å². The van der Waals surface area contributed by atoms with Gasteiger partial charge >= 0.3 is 0 Å². The van der Waals surface area contributed by atoms with Gasteiger partial charge in [0.05, 0.1) is 0 Å². The monoisotopic (exact) mass is 261 g/mol. The van der Waals surface area contributed by atoms with Crippen LogP contribution in [0.2, 0.25) is 0 Å². The van der Waals surface area contributed by atoms with Crippen molar-refractivity contribution in [3.8, 4) is 0 Å². The fourth-order valence-electron chi connectivity index (χ4n) is 2.89. The lowest BCUT2D eigenvalue weighted by molar-refractivity contribution is -0.123. The average molecular weight is 261 g/mol. The summed E-state index contributed by atoms with van der Waals surface area (Å²) in [5, 5.41) is 3.36. The maximum atomic E-state index is 12.0. The highest BCUT2D eigenvalue weighted by molar-refractivity contribution is 5.82. The molecule has 4 heteroatoms. The van der Waals surface area contributed by atoms with Gasteiger partial charge in [0.1, 0.15) is 6.04 Å². The Morgan fingerprint density at radius 3 is 2.58 bits per heavy atom. The summed E-state index contributed by atoms with van der Waals surface area (Å²) in [6.45, 7) is 7.79. The van der Waals surface area contributed by atoms with Gasteiger partial charge in [0.25, 0.3) is 0 Å². The van der Waals surface area contributed by atoms with E-state index in [0.29, 0.717) is 0 Å². The molecule has 1 atom stereocenters. The van der Waals surface area contributed by atoms with Gasteiger partial charge in [-0.1, -0.05) is 18.2 Å². The van der Waals surface area contributed by atoms with E-state index in [-0.39, 0.29) is 11.9 Å². The lowest BCUT2D eigenvalue weighted by atomic mass is 9.94. The molecule has 104 valence electrons. The second-order valence-corrected chi connectivity index (χ2v) is 5.25. The van der Waals surface area contributed by atoms with Gasteiger partial charge in [-0.15, -0.1) is 0 Å². The number of benzene rings is 1. The lowest BCUT2D eigenvalue weighted by Gasteiger charge is -2.30. The van der Waals surface area contributed by atoms with Crippen LogP contribution in [0.25, 0.3) is 0 Å². The van der Waals surface area contributed by atoms with E-state index in [1.807, 2.05) is 32.0 Å². The maximum Gasteiger partial charge on any atom is 0.239 e. The lowest BCUT2D eigenvalue weighted by Crippen LogP contribution is -2.40. The van der Waals surface area contributed by atoms with E-state index in [1.165, 1.54) is 0 Å². The van der Waals surface area contributed by atoms with Crippen molar-refractivity contribution in [1.29, 1.82) is 0 Å². The second kappa shape index (κ2) is 6.17. The van der Waals surface area contributed by atoms with E-state index < -0.39 is 0 Å². The third-order valence-electron chi connectivity index (χ3n) is 3.82. The molecule has 0 aromatic heterocycles. The molecule has 1 aliphatic rings. The predicted octanol–water partition coefficient (Wildman–Crippen LogP) is 1.13. The summed E-state index contributed by atoms with van der Waals surface area (Å²) in [5.74, 6) is -0.251. The molecule has 0 aliphatic carbocycles. The Labute approximate surface area is 115 Å². The molecule has 0 bridgehead atoms. The number of nitrogens with zero attached hydrogens (tertiary/aromatic N) is 1. The largest absolute Gasteiger partial charge is 0.368 e. The van der Waals surface area contributed by atoms with E-state index in [2.05, 4.69) is 10.2 Å². The van der Waals surface area contributed by atoms with Crippen LogP contribution in [0.15, 0.2) is 18.2 Å². The van der Waals surface area contributed by atoms with E-state index >= 15 is 0 Å². The van der Waals surface area contributed by atoms with Gasteiger partial charge in [0.15, 0.2) is 0 Å². The van der Waals surface area contributed by atoms with E-state index in [9.17, 15) is 4.79 Å². The number of hydrogen-bond acceptors (Lipinski definition) is 3. The zero-order valence-electron chi connectivity index (χ0n) is 11.8. The number of nitrogens with one attached hydrogen (secondary N) is 1. The van der Waals surface area contributed by atoms with Crippen molar-refractivity contribution >= 4 is 5.91 Å². The molecule has 0 saturated carbocycles. The molecule has 3 N–H and O–H groups in total. The van der Waals surface area contributed by atoms with Gasteiger partial charge in [0.2, 0.25) is 5.91 Å². The van der Waals surface area contributed by atoms with Crippen LogP contribution in [-0.4, -0.2) is 37.0 Å². The van der Waals surface area contributed by atoms with Gasteiger partial charge in [-0.3, -0.25) is 9.69 Å². The first-order valence-electron chi connectivity index (χ1n) is 6.91. The quantitative estimate of drug-likeness (QED) is 0.857. The fourth-order valence-corrected chi connectivity index (χ4v) is 2.89. The Bertz CT molecular complexity index is 430. The Morgan fingerprint density at radius 2 is 1.95 bits per heavy atom. The van der Waals surface area contributed by atoms with Gasteiger partial charge in [0, 0.05) is 19.6 Å². The zero-order valence-corrected chi connectivity index (χ0v) is 11.8. The zero-order chi connectivity index (χ0) is 13.8. The van der Waals surface area contributed by atoms with Crippen LogP contribution >= 0.6 is 0 Å². The van der Waals surface area contributed by atoms with Gasteiger partial charge < -0.3 is 11.1 Å². The first kappa shape index (κ1) is 14.0. The highest BCUT2D eigenvalue weighted by Crippen LogP contribution is 2.27. The van der Waals surface area contributed by atoms with Gasteiger partial charge in [-0.2, -0.15) is 0 Å². The average Bonchev–Trinajstić information content (AvgIpc) is 2.62. The molecule has 0 radical (unpaired) electrons. The molecule has 2 rings (SSSR count). The number of rotatable bonds is 3. The minimum Gasteiger partial charge on any atom is -0.368 e. The minimum absolute atomic E-state index is 0.251. The summed E-state index contributed by atoms with van der Waals surface area (Å²) >= 11 is 0. The molecule has 1 saturated heterocycles. The topological polar surface area (TPSA) is 58.4 Å². The van der Waals surface area contributed by atoms with Crippen molar-refractivity contribution in [1.82, 2.24) is 10.2 Å². The fraction of sp³-hybridized carbons (Fsp3) is 0.533. The van der Waals surface area contributed by atoms with Gasteiger partial charge in [-0.05, 0) is 43.5 Å². The molecular formula is C15H23N3O. The first-order valence-corrected chi connectivity index (χ1v) is 6.91. The number of primary amides is 1. The van der Waals surface area contributed by atoms with Crippen LogP contribution < -0.4 is 11.1 Å². The molecule has 19 heavy (non-hydrogen) atoms. The number of carbonyl (C=O) groups excluding carboxylic acids is 1. The summed E-state index contributed by atoms with van der Waals surface area (Å²) in [5.41, 5.74) is 9.05. The number of amides is 1. The standard InChI is InChI=1S/C15H23N3O/c1-11-5-3-6-12(2)13(11)14(15(16)19)18-9-4-7-17-8-10-18/h3,5-6,14,17H,4,7-10H2,1-2H3,(H2,16,19). The molecule has 1 heterocycles. The predicted molar refractivity (Wildman–Crippen MR) is 76.9 cm³/mol. The molecule has 1 fully saturated rings. The van der Waals surface area contributed by atoms with Crippen molar-refractivity contribution in [3.05, 3.63) is 34.9 Å². The third kappa shape index (κ3) is 3.14. The van der Waals surface area contributed by atoms with Crippen molar-refractivity contribution < 1.29 is 4.79 Å². The Balaban J connectivity index is 2.36. The highest BCUT2D eigenvalue weighted by atomic mass is 16.1. The van der Waals surface area contributed by atoms with E-state index in [4.69, 9.17) is 5.73 Å². The van der Waals surface area contributed by atoms with Crippen LogP contribution in [0.1, 0.15) is 29.2 Å². The Morgan fingerprint density at radius 1 is 1.26 bits per heavy atom. The number of carbonyl (C=O) groups is 1. The molecule has 1 amide bonds. The molecule has 0 spiro atoms. The molecule has 1 aromatic carbocycles. The number of aryl methyl sites for hydroxylation is 2. The normalized spacial score (nSPS) is 18.8. The number of nitrogens with two attached hydrogens (primary N) is 1. The summed E-state index contributed by atoms with van der Waals surface area (Å²) < 4.78 is 0. The Hall–Kier alpha value is -1.39. The summed E-state index contributed by atoms with van der Waals surface area (Å²) in [6, 6.07) is 5.82. The first-order chi connectivity index (χ1) is 9.11. The highest BCUT2D eigenvalue weighted by Gasteiger charge is 2.28. The van der Waals surface area contributed by atoms with Crippen molar-refractivity contribution in [2.24, 2.45) is 5.73 Å². The summed E-state index contributed by atoms with van der Waals surface area (Å²) in [4.78, 5) is 14.2. The molecule has 1 aliphatic heterocycles. The van der Waals surface area contributed by atoms with Crippen LogP contribution in [0.4, 0.5) is 0 Å². The summed E-state index contributed by atoms with van der Waals surface area (Å²) in [6.07, 6.45) is 1.05. The van der Waals surface area contributed by atoms with Crippen LogP contribution in [-0.2, 0) is 4.79 Å². The van der Waals surface area contributed by atoms with Crippen molar-refractivity contribution in [2.45, 2.75) is 26.3 Å². The van der Waals surface area contributed by atoms with Crippen LogP contribution in [0.3, 0.4) is 0 Å². The van der Waals surface area contributed by atoms with Gasteiger partial charge in [-0.25, -0.2) is 0 Å². The maximum absolute atomic E-state index is 12.0. The second-order valence-electron chi connectivity index (χ2n) is 5.25. The smallest absolute Gasteiger partial charge is 0.239 e. The van der Waals surface area contributed by atoms with Crippen LogP contribution in [0, 0.1) is 13.8 Å². The van der Waals surface area contributed by atoms with E-state index in [0.717, 1.165) is 49.3 Å². The summed E-state index contributed by atoms with van der Waals surface area (Å²) in [7, 11) is 0. The number of hydrogen-bond donors (Lipinski definition) is 2. The third-order valence-corrected chi connectivity index (χ3v) is 3.82. The Kier molecular flexibility index (Phi) is 4.56. The minimum atomic E-state index is -0.305. The van der Waals surface area contributed by atoms with Crippen LogP contribution in [0.5, 0.6) is 0 Å². The molecular weight excluding hydrogens is 238 g/mol. The van der Waals surface area contributed by atoms with Crippen molar-refractivity contribution in [3.63, 3.8) is 0 Å². The SMILES string of the molecule is Cc1cccc(C)c1C(C(N)=O)N1CCCNCC1. The van der Waals surface area contributed by atoms with Crippen molar-refractivity contribution in [2.75, 3.05) is 26.2 Å². The molecule has 4 nitrogen and oxygen atoms in total. The molecule has 1 aromatic rings.